The molecule has 21 heavy (non-hydrogen) atoms. The Labute approximate surface area is 138 Å². The van der Waals surface area contributed by atoms with E-state index < -0.39 is 0 Å². The molecule has 110 valence electrons. The van der Waals surface area contributed by atoms with E-state index in [2.05, 4.69) is 39.8 Å². The monoisotopic (exact) mass is 395 g/mol. The van der Waals surface area contributed by atoms with Crippen LogP contribution in [0.3, 0.4) is 0 Å². The van der Waals surface area contributed by atoms with Gasteiger partial charge in [-0.1, -0.05) is 6.92 Å². The molecule has 1 aromatic heterocycles. The van der Waals surface area contributed by atoms with E-state index in [1.54, 1.807) is 12.1 Å². The number of benzene rings is 1. The largest absolute Gasteiger partial charge is 0.508 e. The van der Waals surface area contributed by atoms with Gasteiger partial charge in [0.2, 0.25) is 0 Å². The van der Waals surface area contributed by atoms with E-state index in [1.807, 2.05) is 12.1 Å². The molecule has 5 heteroatoms. The van der Waals surface area contributed by atoms with Gasteiger partial charge in [0, 0.05) is 18.0 Å². The van der Waals surface area contributed by atoms with Crippen molar-refractivity contribution in [1.82, 2.24) is 9.97 Å². The van der Waals surface area contributed by atoms with Crippen molar-refractivity contribution in [3.8, 4) is 17.1 Å². The minimum Gasteiger partial charge on any atom is -0.508 e. The predicted octanol–water partition coefficient (Wildman–Crippen LogP) is 4.15. The molecule has 0 saturated heterocycles. The van der Waals surface area contributed by atoms with E-state index in [0.717, 1.165) is 39.4 Å². The first kappa shape index (κ1) is 14.6. The van der Waals surface area contributed by atoms with Gasteiger partial charge in [-0.05, 0) is 66.1 Å². The van der Waals surface area contributed by atoms with Crippen molar-refractivity contribution in [1.29, 1.82) is 0 Å². The van der Waals surface area contributed by atoms with E-state index in [0.29, 0.717) is 5.92 Å². The first-order chi connectivity index (χ1) is 10.2. The van der Waals surface area contributed by atoms with Crippen LogP contribution in [0.5, 0.6) is 5.75 Å². The maximum absolute atomic E-state index is 9.42. The predicted molar refractivity (Wildman–Crippen MR) is 92.6 cm³/mol. The summed E-state index contributed by atoms with van der Waals surface area (Å²) in [5.74, 6) is 2.50. The molecule has 4 nitrogen and oxygen atoms in total. The Morgan fingerprint density at radius 2 is 1.95 bits per heavy atom. The quantitative estimate of drug-likeness (QED) is 0.747. The van der Waals surface area contributed by atoms with Crippen LogP contribution >= 0.6 is 22.6 Å². The maximum Gasteiger partial charge on any atom is 0.161 e. The fraction of sp³-hybridized carbons (Fsp3) is 0.375. The zero-order valence-electron chi connectivity index (χ0n) is 11.9. The fourth-order valence-electron chi connectivity index (χ4n) is 2.19. The number of phenols is 1. The smallest absolute Gasteiger partial charge is 0.161 e. The lowest BCUT2D eigenvalue weighted by Gasteiger charge is -2.12. The Morgan fingerprint density at radius 3 is 2.57 bits per heavy atom. The van der Waals surface area contributed by atoms with Gasteiger partial charge < -0.3 is 10.4 Å². The Balaban J connectivity index is 2.03. The van der Waals surface area contributed by atoms with Crippen molar-refractivity contribution < 1.29 is 5.11 Å². The lowest BCUT2D eigenvalue weighted by Crippen LogP contribution is -2.08. The molecule has 0 unspecified atom stereocenters. The molecule has 0 atom stereocenters. The number of nitrogens with zero attached hydrogens (tertiary/aromatic N) is 2. The highest BCUT2D eigenvalue weighted by molar-refractivity contribution is 14.1. The van der Waals surface area contributed by atoms with Gasteiger partial charge in [0.25, 0.3) is 0 Å². The third-order valence-corrected chi connectivity index (χ3v) is 4.57. The lowest BCUT2D eigenvalue weighted by atomic mass is 10.2. The van der Waals surface area contributed by atoms with E-state index >= 15 is 0 Å². The first-order valence-corrected chi connectivity index (χ1v) is 8.37. The molecule has 1 saturated carbocycles. The van der Waals surface area contributed by atoms with Crippen LogP contribution in [0, 0.1) is 3.57 Å². The minimum absolute atomic E-state index is 0.260. The summed E-state index contributed by atoms with van der Waals surface area (Å²) in [7, 11) is 0. The Morgan fingerprint density at radius 1 is 1.24 bits per heavy atom. The molecule has 0 radical (unpaired) electrons. The molecule has 0 spiro atoms. The van der Waals surface area contributed by atoms with Crippen LogP contribution in [0.4, 0.5) is 5.82 Å². The summed E-state index contributed by atoms with van der Waals surface area (Å²) in [6, 6.07) is 7.06. The number of nitrogens with one attached hydrogen (secondary N) is 1. The number of aromatic nitrogens is 2. The summed E-state index contributed by atoms with van der Waals surface area (Å²) in [4.78, 5) is 9.43. The average molecular weight is 395 g/mol. The van der Waals surface area contributed by atoms with Crippen LogP contribution in [0.2, 0.25) is 0 Å². The third-order valence-electron chi connectivity index (χ3n) is 3.51. The highest BCUT2D eigenvalue weighted by atomic mass is 127. The molecular weight excluding hydrogens is 377 g/mol. The Bertz CT molecular complexity index is 639. The lowest BCUT2D eigenvalue weighted by molar-refractivity contribution is 0.475. The molecular formula is C16H18IN3O. The van der Waals surface area contributed by atoms with Crippen LogP contribution in [0.15, 0.2) is 24.3 Å². The van der Waals surface area contributed by atoms with Gasteiger partial charge in [-0.15, -0.1) is 0 Å². The van der Waals surface area contributed by atoms with Crippen molar-refractivity contribution in [2.24, 2.45) is 0 Å². The van der Waals surface area contributed by atoms with Crippen LogP contribution in [-0.2, 0) is 0 Å². The molecule has 0 bridgehead atoms. The third kappa shape index (κ3) is 3.28. The van der Waals surface area contributed by atoms with Gasteiger partial charge in [0.15, 0.2) is 5.82 Å². The summed E-state index contributed by atoms with van der Waals surface area (Å²) in [5.41, 5.74) is 2.10. The number of anilines is 1. The zero-order chi connectivity index (χ0) is 14.8. The fourth-order valence-corrected chi connectivity index (χ4v) is 3.06. The van der Waals surface area contributed by atoms with E-state index in [-0.39, 0.29) is 5.75 Å². The van der Waals surface area contributed by atoms with E-state index in [4.69, 9.17) is 4.98 Å². The molecule has 2 N–H and O–H groups in total. The summed E-state index contributed by atoms with van der Waals surface area (Å²) in [6.45, 7) is 3.05. The van der Waals surface area contributed by atoms with Crippen LogP contribution in [-0.4, -0.2) is 21.6 Å². The summed E-state index contributed by atoms with van der Waals surface area (Å²) < 4.78 is 1.14. The number of aromatic hydroxyl groups is 1. The van der Waals surface area contributed by atoms with E-state index in [1.165, 1.54) is 12.8 Å². The number of hydrogen-bond acceptors (Lipinski definition) is 4. The summed E-state index contributed by atoms with van der Waals surface area (Å²) in [6.07, 6.45) is 3.50. The molecule has 2 aromatic rings. The molecule has 1 aromatic carbocycles. The molecule has 0 amide bonds. The van der Waals surface area contributed by atoms with Crippen LogP contribution < -0.4 is 5.32 Å². The molecule has 0 aliphatic heterocycles. The highest BCUT2D eigenvalue weighted by Crippen LogP contribution is 2.43. The Kier molecular flexibility index (Phi) is 4.28. The van der Waals surface area contributed by atoms with Gasteiger partial charge in [-0.3, -0.25) is 0 Å². The van der Waals surface area contributed by atoms with E-state index in [9.17, 15) is 5.11 Å². The normalized spacial score (nSPS) is 14.2. The SMILES string of the molecule is CCCNc1nc(-c2ccc(O)cc2)nc(C2CC2)c1I. The summed E-state index contributed by atoms with van der Waals surface area (Å²) in [5, 5.41) is 12.8. The number of halogens is 1. The zero-order valence-corrected chi connectivity index (χ0v) is 14.1. The van der Waals surface area contributed by atoms with Gasteiger partial charge in [-0.2, -0.15) is 0 Å². The first-order valence-electron chi connectivity index (χ1n) is 7.29. The van der Waals surface area contributed by atoms with Gasteiger partial charge in [0.05, 0.1) is 9.26 Å². The Hall–Kier alpha value is -1.37. The molecule has 1 heterocycles. The van der Waals surface area contributed by atoms with Crippen molar-refractivity contribution in [3.05, 3.63) is 33.5 Å². The van der Waals surface area contributed by atoms with Crippen LogP contribution in [0.25, 0.3) is 11.4 Å². The molecule has 1 aliphatic carbocycles. The standard InChI is InChI=1S/C16H18IN3O/c1-2-9-18-16-13(17)14(10-3-4-10)19-15(20-16)11-5-7-12(21)8-6-11/h5-8,10,21H,2-4,9H2,1H3,(H,18,19,20). The van der Waals surface area contributed by atoms with Gasteiger partial charge in [0.1, 0.15) is 11.6 Å². The van der Waals surface area contributed by atoms with Crippen molar-refractivity contribution >= 4 is 28.4 Å². The topological polar surface area (TPSA) is 58.0 Å². The molecule has 1 fully saturated rings. The van der Waals surface area contributed by atoms with Crippen molar-refractivity contribution in [2.75, 3.05) is 11.9 Å². The average Bonchev–Trinajstić information content (AvgIpc) is 3.32. The minimum atomic E-state index is 0.260. The number of hydrogen-bond donors (Lipinski definition) is 2. The highest BCUT2D eigenvalue weighted by Gasteiger charge is 2.29. The van der Waals surface area contributed by atoms with Crippen molar-refractivity contribution in [2.45, 2.75) is 32.1 Å². The van der Waals surface area contributed by atoms with Gasteiger partial charge in [-0.25, -0.2) is 9.97 Å². The van der Waals surface area contributed by atoms with Crippen molar-refractivity contribution in [3.63, 3.8) is 0 Å². The maximum atomic E-state index is 9.42. The van der Waals surface area contributed by atoms with Crippen LogP contribution in [0.1, 0.15) is 37.8 Å². The number of rotatable bonds is 5. The second kappa shape index (κ2) is 6.17. The molecule has 3 rings (SSSR count). The second-order valence-corrected chi connectivity index (χ2v) is 6.42. The summed E-state index contributed by atoms with van der Waals surface area (Å²) >= 11 is 2.35. The second-order valence-electron chi connectivity index (χ2n) is 5.34. The van der Waals surface area contributed by atoms with Gasteiger partial charge >= 0.3 is 0 Å². The molecule has 1 aliphatic rings. The number of phenolic OH excluding ortho intramolecular Hbond substituents is 1.